The van der Waals surface area contributed by atoms with Gasteiger partial charge in [-0.25, -0.2) is 14.1 Å². The summed E-state index contributed by atoms with van der Waals surface area (Å²) in [5.41, 5.74) is 9.71. The largest absolute Gasteiger partial charge is 0.488 e. The number of ether oxygens (including phenoxy) is 3. The fourth-order valence-corrected chi connectivity index (χ4v) is 7.38. The Kier molecular flexibility index (Phi) is 9.44. The van der Waals surface area contributed by atoms with Crippen molar-refractivity contribution in [2.45, 2.75) is 34.0 Å². The summed E-state index contributed by atoms with van der Waals surface area (Å²) in [6.45, 7) is 7.14. The molecular weight excluding hydrogens is 712 g/mol. The summed E-state index contributed by atoms with van der Waals surface area (Å²) in [5.74, 6) is 2.95. The fraction of sp³-hybridized carbons (Fsp3) is 0.102. The summed E-state index contributed by atoms with van der Waals surface area (Å²) in [7, 11) is 0. The zero-order chi connectivity index (χ0) is 38.9. The molecule has 3 heterocycles. The third-order valence-corrected chi connectivity index (χ3v) is 10.5. The maximum Gasteiger partial charge on any atom is 0.140 e. The summed E-state index contributed by atoms with van der Waals surface area (Å²) in [4.78, 5) is 4.49. The van der Waals surface area contributed by atoms with E-state index in [1.54, 1.807) is 0 Å². The van der Waals surface area contributed by atoms with Gasteiger partial charge >= 0.3 is 0 Å². The Morgan fingerprint density at radius 3 is 1.95 bits per heavy atom. The van der Waals surface area contributed by atoms with E-state index in [-0.39, 0.29) is 5.82 Å². The second kappa shape index (κ2) is 15.2. The van der Waals surface area contributed by atoms with Gasteiger partial charge in [0.1, 0.15) is 47.8 Å². The van der Waals surface area contributed by atoms with Crippen molar-refractivity contribution in [2.75, 3.05) is 0 Å². The molecule has 0 aliphatic heterocycles. The van der Waals surface area contributed by atoms with Crippen LogP contribution in [0.5, 0.6) is 23.0 Å². The molecule has 9 aromatic rings. The van der Waals surface area contributed by atoms with Gasteiger partial charge in [0.2, 0.25) is 0 Å². The molecule has 0 N–H and O–H groups in total. The molecule has 0 unspecified atom stereocenters. The molecule has 0 atom stereocenters. The molecule has 0 fully saturated rings. The molecule has 0 spiro atoms. The van der Waals surface area contributed by atoms with E-state index in [0.29, 0.717) is 30.5 Å². The molecule has 7 nitrogen and oxygen atoms in total. The maximum atomic E-state index is 14.4. The van der Waals surface area contributed by atoms with E-state index in [0.717, 1.165) is 77.9 Å². The average molecular weight is 751 g/mol. The first-order valence-corrected chi connectivity index (χ1v) is 18.9. The van der Waals surface area contributed by atoms with Crippen molar-refractivity contribution in [1.29, 1.82) is 0 Å². The molecule has 9 rings (SSSR count). The molecule has 280 valence electrons. The number of nitrogens with zero attached hydrogens (tertiary/aromatic N) is 4. The zero-order valence-corrected chi connectivity index (χ0v) is 31.8. The second-order valence-electron chi connectivity index (χ2n) is 14.1. The molecule has 8 heteroatoms. The lowest BCUT2D eigenvalue weighted by Crippen LogP contribution is -2.06. The van der Waals surface area contributed by atoms with Crippen LogP contribution < -0.4 is 14.2 Å². The maximum absolute atomic E-state index is 14.4. The minimum atomic E-state index is -0.351. The van der Waals surface area contributed by atoms with Crippen LogP contribution in [0, 0.1) is 26.6 Å². The van der Waals surface area contributed by atoms with Crippen LogP contribution in [0.25, 0.3) is 44.4 Å². The Morgan fingerprint density at radius 1 is 0.596 bits per heavy atom. The number of para-hydroxylation sites is 1. The van der Waals surface area contributed by atoms with Gasteiger partial charge in [-0.05, 0) is 85.0 Å². The lowest BCUT2D eigenvalue weighted by Gasteiger charge is -2.22. The molecule has 0 amide bonds. The quantitative estimate of drug-likeness (QED) is 0.132. The first kappa shape index (κ1) is 35.5. The van der Waals surface area contributed by atoms with Crippen molar-refractivity contribution in [2.24, 2.45) is 0 Å². The number of benzene rings is 6. The van der Waals surface area contributed by atoms with Crippen molar-refractivity contribution in [3.05, 3.63) is 192 Å². The van der Waals surface area contributed by atoms with Crippen LogP contribution in [0.4, 0.5) is 4.39 Å². The molecule has 3 aromatic heterocycles. The zero-order valence-electron chi connectivity index (χ0n) is 31.8. The number of halogens is 1. The summed E-state index contributed by atoms with van der Waals surface area (Å²) < 4.78 is 38.0. The molecule has 0 bridgehead atoms. The number of rotatable bonds is 11. The van der Waals surface area contributed by atoms with E-state index in [2.05, 4.69) is 56.1 Å². The van der Waals surface area contributed by atoms with Crippen molar-refractivity contribution < 1.29 is 18.6 Å². The number of aromatic nitrogens is 4. The van der Waals surface area contributed by atoms with E-state index >= 15 is 0 Å². The van der Waals surface area contributed by atoms with Crippen molar-refractivity contribution in [3.63, 3.8) is 0 Å². The van der Waals surface area contributed by atoms with Crippen LogP contribution >= 0.6 is 0 Å². The van der Waals surface area contributed by atoms with E-state index < -0.39 is 0 Å². The molecule has 0 aliphatic rings. The number of fused-ring (bicyclic) bond motifs is 3. The lowest BCUT2D eigenvalue weighted by atomic mass is 9.94. The molecule has 6 aromatic carbocycles. The Morgan fingerprint density at radius 2 is 1.25 bits per heavy atom. The van der Waals surface area contributed by atoms with E-state index in [9.17, 15) is 4.39 Å². The van der Waals surface area contributed by atoms with Crippen molar-refractivity contribution in [3.8, 4) is 45.6 Å². The molecular formula is C49H39FN4O3. The summed E-state index contributed by atoms with van der Waals surface area (Å²) in [5, 5.41) is 6.90. The van der Waals surface area contributed by atoms with E-state index in [1.165, 1.54) is 18.3 Å². The van der Waals surface area contributed by atoms with Crippen LogP contribution in [-0.2, 0) is 13.2 Å². The average Bonchev–Trinajstić information content (AvgIpc) is 3.86. The Bertz CT molecular complexity index is 2810. The third kappa shape index (κ3) is 6.98. The van der Waals surface area contributed by atoms with Gasteiger partial charge in [-0.15, -0.1) is 0 Å². The Labute approximate surface area is 330 Å². The standard InChI is InChI=1S/C49H39FN4O3/c1-32-33(2)48(55-30-35-13-6-4-7-14-35)47(49(34(32)3)56-31-36-15-8-5-9-16-36)37-28-52-53(29-37)39-17-12-18-40(26-39)57-41-21-22-43-42-19-10-11-20-44(42)54(45(43)27-41)46-25-38(50)23-24-51-46/h4-29H,30-31H2,1-3H3. The highest BCUT2D eigenvalue weighted by Gasteiger charge is 2.24. The van der Waals surface area contributed by atoms with Gasteiger partial charge in [0.15, 0.2) is 0 Å². The van der Waals surface area contributed by atoms with Gasteiger partial charge in [0.25, 0.3) is 0 Å². The minimum Gasteiger partial charge on any atom is -0.488 e. The third-order valence-electron chi connectivity index (χ3n) is 10.5. The predicted molar refractivity (Wildman–Crippen MR) is 223 cm³/mol. The van der Waals surface area contributed by atoms with Crippen LogP contribution in [0.3, 0.4) is 0 Å². The fourth-order valence-electron chi connectivity index (χ4n) is 7.38. The lowest BCUT2D eigenvalue weighted by molar-refractivity contribution is 0.289. The van der Waals surface area contributed by atoms with E-state index in [4.69, 9.17) is 19.3 Å². The van der Waals surface area contributed by atoms with Gasteiger partial charge in [-0.3, -0.25) is 4.57 Å². The van der Waals surface area contributed by atoms with Crippen molar-refractivity contribution in [1.82, 2.24) is 19.3 Å². The molecule has 0 saturated carbocycles. The highest BCUT2D eigenvalue weighted by molar-refractivity contribution is 6.09. The predicted octanol–water partition coefficient (Wildman–Crippen LogP) is 12.0. The minimum absolute atomic E-state index is 0.351. The molecule has 57 heavy (non-hydrogen) atoms. The second-order valence-corrected chi connectivity index (χ2v) is 14.1. The van der Waals surface area contributed by atoms with Crippen LogP contribution in [0.1, 0.15) is 27.8 Å². The SMILES string of the molecule is Cc1c(C)c(OCc2ccccc2)c(-c2cnn(-c3cccc(Oc4ccc5c6ccccc6n(-c6cc(F)ccn6)c5c4)c3)c2)c(OCc2ccccc2)c1C. The smallest absolute Gasteiger partial charge is 0.140 e. The van der Waals surface area contributed by atoms with Crippen LogP contribution in [-0.4, -0.2) is 19.3 Å². The first-order valence-electron chi connectivity index (χ1n) is 18.9. The number of pyridine rings is 1. The van der Waals surface area contributed by atoms with Gasteiger partial charge in [-0.1, -0.05) is 84.9 Å². The van der Waals surface area contributed by atoms with Crippen LogP contribution in [0.2, 0.25) is 0 Å². The van der Waals surface area contributed by atoms with Gasteiger partial charge < -0.3 is 14.2 Å². The van der Waals surface area contributed by atoms with Crippen molar-refractivity contribution >= 4 is 21.8 Å². The highest BCUT2D eigenvalue weighted by atomic mass is 19.1. The Hall–Kier alpha value is -7.19. The van der Waals surface area contributed by atoms with Gasteiger partial charge in [0, 0.05) is 46.9 Å². The van der Waals surface area contributed by atoms with E-state index in [1.807, 2.05) is 119 Å². The monoisotopic (exact) mass is 750 g/mol. The first-order chi connectivity index (χ1) is 27.9. The summed E-state index contributed by atoms with van der Waals surface area (Å²) in [6.07, 6.45) is 5.34. The normalized spacial score (nSPS) is 11.3. The topological polar surface area (TPSA) is 63.3 Å². The molecule has 0 saturated heterocycles. The number of hydrogen-bond donors (Lipinski definition) is 0. The van der Waals surface area contributed by atoms with Gasteiger partial charge in [-0.2, -0.15) is 5.10 Å². The highest BCUT2D eigenvalue weighted by Crippen LogP contribution is 2.46. The molecule has 0 radical (unpaired) electrons. The van der Waals surface area contributed by atoms with Crippen LogP contribution in [0.15, 0.2) is 158 Å². The van der Waals surface area contributed by atoms with Gasteiger partial charge in [0.05, 0.1) is 28.5 Å². The Balaban J connectivity index is 1.07. The number of hydrogen-bond acceptors (Lipinski definition) is 5. The molecule has 0 aliphatic carbocycles. The summed E-state index contributed by atoms with van der Waals surface area (Å²) in [6, 6.07) is 44.9. The summed E-state index contributed by atoms with van der Waals surface area (Å²) >= 11 is 0.